The molecule has 150 valence electrons. The van der Waals surface area contributed by atoms with Crippen LogP contribution in [0.2, 0.25) is 0 Å². The van der Waals surface area contributed by atoms with E-state index < -0.39 is 10.0 Å². The number of anilines is 1. The van der Waals surface area contributed by atoms with E-state index in [1.807, 2.05) is 13.0 Å². The molecule has 1 aliphatic heterocycles. The molecule has 1 fully saturated rings. The van der Waals surface area contributed by atoms with Crippen LogP contribution in [0, 0.1) is 6.92 Å². The van der Waals surface area contributed by atoms with Gasteiger partial charge < -0.3 is 4.90 Å². The molecule has 0 amide bonds. The van der Waals surface area contributed by atoms with Crippen molar-refractivity contribution in [1.82, 2.24) is 14.3 Å². The summed E-state index contributed by atoms with van der Waals surface area (Å²) >= 11 is 0. The number of benzene rings is 1. The third kappa shape index (κ3) is 4.23. The molecule has 1 saturated heterocycles. The fraction of sp³-hybridized carbons (Fsp3) is 0.450. The minimum atomic E-state index is -3.58. The molecule has 2 heterocycles. The summed E-state index contributed by atoms with van der Waals surface area (Å²) in [5, 5.41) is 0. The minimum Gasteiger partial charge on any atom is -0.354 e. The van der Waals surface area contributed by atoms with Crippen molar-refractivity contribution in [2.75, 3.05) is 31.1 Å². The Morgan fingerprint density at radius 2 is 1.64 bits per heavy atom. The van der Waals surface area contributed by atoms with Crippen LogP contribution in [0.1, 0.15) is 48.6 Å². The van der Waals surface area contributed by atoms with Gasteiger partial charge in [-0.15, -0.1) is 0 Å². The van der Waals surface area contributed by atoms with Gasteiger partial charge in [-0.1, -0.05) is 26.0 Å². The summed E-state index contributed by atoms with van der Waals surface area (Å²) in [4.78, 5) is 22.8. The largest absolute Gasteiger partial charge is 0.354 e. The first-order valence-electron chi connectivity index (χ1n) is 9.40. The number of sulfonamides is 1. The van der Waals surface area contributed by atoms with Gasteiger partial charge in [-0.3, -0.25) is 4.79 Å². The van der Waals surface area contributed by atoms with Crippen molar-refractivity contribution in [2.24, 2.45) is 0 Å². The molecular formula is C20H26N4O3S. The SMILES string of the molecule is CC(=O)c1ccc(S(=O)(=O)N2CCN(c3cc(C)nc(C(C)C)n3)CC2)cc1. The molecule has 2 aromatic rings. The molecular weight excluding hydrogens is 376 g/mol. The van der Waals surface area contributed by atoms with Gasteiger partial charge in [0.25, 0.3) is 0 Å². The Labute approximate surface area is 166 Å². The number of nitrogens with zero attached hydrogens (tertiary/aromatic N) is 4. The van der Waals surface area contributed by atoms with Gasteiger partial charge in [0.2, 0.25) is 10.0 Å². The number of carbonyl (C=O) groups excluding carboxylic acids is 1. The van der Waals surface area contributed by atoms with Crippen LogP contribution in [0.4, 0.5) is 5.82 Å². The van der Waals surface area contributed by atoms with Crippen LogP contribution in [0.5, 0.6) is 0 Å². The standard InChI is InChI=1S/C20H26N4O3S/c1-14(2)20-21-15(3)13-19(22-20)23-9-11-24(12-10-23)28(26,27)18-7-5-17(6-8-18)16(4)25/h5-8,13-14H,9-12H2,1-4H3. The molecule has 0 spiro atoms. The van der Waals surface area contributed by atoms with Crippen molar-refractivity contribution in [3.8, 4) is 0 Å². The molecule has 1 aromatic carbocycles. The minimum absolute atomic E-state index is 0.0847. The second kappa shape index (κ2) is 7.97. The highest BCUT2D eigenvalue weighted by molar-refractivity contribution is 7.89. The quantitative estimate of drug-likeness (QED) is 0.715. The smallest absolute Gasteiger partial charge is 0.243 e. The normalized spacial score (nSPS) is 15.8. The van der Waals surface area contributed by atoms with Gasteiger partial charge in [0, 0.05) is 49.4 Å². The molecule has 0 N–H and O–H groups in total. The van der Waals surface area contributed by atoms with Crippen LogP contribution >= 0.6 is 0 Å². The van der Waals surface area contributed by atoms with Crippen LogP contribution in [-0.4, -0.2) is 54.7 Å². The van der Waals surface area contributed by atoms with Gasteiger partial charge in [0.1, 0.15) is 11.6 Å². The van der Waals surface area contributed by atoms with E-state index in [0.29, 0.717) is 31.7 Å². The number of hydrogen-bond donors (Lipinski definition) is 0. The maximum absolute atomic E-state index is 12.9. The third-order valence-corrected chi connectivity index (χ3v) is 6.75. The van der Waals surface area contributed by atoms with Crippen molar-refractivity contribution in [1.29, 1.82) is 0 Å². The van der Waals surface area contributed by atoms with Crippen LogP contribution < -0.4 is 4.90 Å². The number of aryl methyl sites for hydroxylation is 1. The number of Topliss-reactive ketones (excluding diaryl/α,β-unsaturated/α-hetero) is 1. The Kier molecular flexibility index (Phi) is 5.81. The number of aromatic nitrogens is 2. The van der Waals surface area contributed by atoms with Crippen molar-refractivity contribution in [3.05, 3.63) is 47.4 Å². The highest BCUT2D eigenvalue weighted by Crippen LogP contribution is 2.22. The van der Waals surface area contributed by atoms with Crippen LogP contribution in [0.25, 0.3) is 0 Å². The number of ketones is 1. The first-order chi connectivity index (χ1) is 13.2. The van der Waals surface area contributed by atoms with Gasteiger partial charge in [-0.25, -0.2) is 18.4 Å². The lowest BCUT2D eigenvalue weighted by molar-refractivity contribution is 0.101. The topological polar surface area (TPSA) is 83.5 Å². The van der Waals surface area contributed by atoms with Gasteiger partial charge in [-0.2, -0.15) is 4.31 Å². The highest BCUT2D eigenvalue weighted by atomic mass is 32.2. The number of piperazine rings is 1. The first kappa shape index (κ1) is 20.4. The average molecular weight is 403 g/mol. The van der Waals surface area contributed by atoms with Gasteiger partial charge in [0.05, 0.1) is 4.90 Å². The summed E-state index contributed by atoms with van der Waals surface area (Å²) in [6.45, 7) is 9.43. The molecule has 0 bridgehead atoms. The summed E-state index contributed by atoms with van der Waals surface area (Å²) in [5.41, 5.74) is 1.41. The molecule has 0 aliphatic carbocycles. The number of carbonyl (C=O) groups is 1. The zero-order valence-corrected chi connectivity index (χ0v) is 17.5. The van der Waals surface area contributed by atoms with E-state index in [4.69, 9.17) is 0 Å². The molecule has 7 nitrogen and oxygen atoms in total. The fourth-order valence-corrected chi connectivity index (χ4v) is 4.59. The predicted octanol–water partition coefficient (Wildman–Crippen LogP) is 2.62. The van der Waals surface area contributed by atoms with Crippen molar-refractivity contribution < 1.29 is 13.2 Å². The lowest BCUT2D eigenvalue weighted by Gasteiger charge is -2.35. The molecule has 0 radical (unpaired) electrons. The number of hydrogen-bond acceptors (Lipinski definition) is 6. The Bertz CT molecular complexity index is 963. The molecule has 0 saturated carbocycles. The maximum atomic E-state index is 12.9. The van der Waals surface area contributed by atoms with Crippen molar-refractivity contribution >= 4 is 21.6 Å². The average Bonchev–Trinajstić information content (AvgIpc) is 2.67. The molecule has 0 unspecified atom stereocenters. The lowest BCUT2D eigenvalue weighted by Crippen LogP contribution is -2.49. The van der Waals surface area contributed by atoms with E-state index in [1.54, 1.807) is 12.1 Å². The van der Waals surface area contributed by atoms with E-state index in [2.05, 4.69) is 28.7 Å². The van der Waals surface area contributed by atoms with Crippen molar-refractivity contribution in [3.63, 3.8) is 0 Å². The lowest BCUT2D eigenvalue weighted by atomic mass is 10.2. The Balaban J connectivity index is 1.73. The van der Waals surface area contributed by atoms with E-state index in [-0.39, 0.29) is 16.6 Å². The monoisotopic (exact) mass is 402 g/mol. The molecule has 0 atom stereocenters. The van der Waals surface area contributed by atoms with Gasteiger partial charge in [-0.05, 0) is 26.0 Å². The fourth-order valence-electron chi connectivity index (χ4n) is 3.16. The Morgan fingerprint density at radius 3 is 2.18 bits per heavy atom. The molecule has 1 aliphatic rings. The zero-order valence-electron chi connectivity index (χ0n) is 16.7. The van der Waals surface area contributed by atoms with E-state index in [1.165, 1.54) is 23.4 Å². The molecule has 28 heavy (non-hydrogen) atoms. The Morgan fingerprint density at radius 1 is 1.04 bits per heavy atom. The summed E-state index contributed by atoms with van der Waals surface area (Å²) in [7, 11) is -3.58. The summed E-state index contributed by atoms with van der Waals surface area (Å²) in [6.07, 6.45) is 0. The predicted molar refractivity (Wildman–Crippen MR) is 108 cm³/mol. The Hall–Kier alpha value is -2.32. The van der Waals surface area contributed by atoms with E-state index >= 15 is 0 Å². The third-order valence-electron chi connectivity index (χ3n) is 4.84. The first-order valence-corrected chi connectivity index (χ1v) is 10.8. The second-order valence-corrected chi connectivity index (χ2v) is 9.29. The highest BCUT2D eigenvalue weighted by Gasteiger charge is 2.29. The molecule has 3 rings (SSSR count). The van der Waals surface area contributed by atoms with Crippen molar-refractivity contribution in [2.45, 2.75) is 38.5 Å². The summed E-state index contributed by atoms with van der Waals surface area (Å²) in [6, 6.07) is 8.06. The van der Waals surface area contributed by atoms with Gasteiger partial charge >= 0.3 is 0 Å². The van der Waals surface area contributed by atoms with Crippen LogP contribution in [0.15, 0.2) is 35.2 Å². The van der Waals surface area contributed by atoms with E-state index in [0.717, 1.165) is 17.3 Å². The van der Waals surface area contributed by atoms with Crippen LogP contribution in [-0.2, 0) is 10.0 Å². The maximum Gasteiger partial charge on any atom is 0.243 e. The molecule has 1 aromatic heterocycles. The van der Waals surface area contributed by atoms with E-state index in [9.17, 15) is 13.2 Å². The summed E-state index contributed by atoms with van der Waals surface area (Å²) in [5.74, 6) is 1.80. The summed E-state index contributed by atoms with van der Waals surface area (Å²) < 4.78 is 27.3. The second-order valence-electron chi connectivity index (χ2n) is 7.35. The molecule has 8 heteroatoms. The zero-order chi connectivity index (χ0) is 20.5. The number of rotatable bonds is 5. The van der Waals surface area contributed by atoms with Crippen LogP contribution in [0.3, 0.4) is 0 Å². The van der Waals surface area contributed by atoms with Gasteiger partial charge in [0.15, 0.2) is 5.78 Å².